The van der Waals surface area contributed by atoms with Crippen LogP contribution in [0.4, 0.5) is 5.82 Å². The number of nitrogens with zero attached hydrogens (tertiary/aromatic N) is 4. The van der Waals surface area contributed by atoms with E-state index in [0.29, 0.717) is 0 Å². The van der Waals surface area contributed by atoms with Gasteiger partial charge < -0.3 is 9.80 Å². The van der Waals surface area contributed by atoms with E-state index < -0.39 is 0 Å². The number of anilines is 1. The topological polar surface area (TPSA) is 32.3 Å². The summed E-state index contributed by atoms with van der Waals surface area (Å²) in [4.78, 5) is 13.2. The first-order chi connectivity index (χ1) is 7.75. The Kier molecular flexibility index (Phi) is 5.19. The minimum Gasteiger partial charge on any atom is -0.354 e. The van der Waals surface area contributed by atoms with E-state index in [1.165, 1.54) is 0 Å². The van der Waals surface area contributed by atoms with Crippen molar-refractivity contribution in [3.63, 3.8) is 0 Å². The van der Waals surface area contributed by atoms with Crippen molar-refractivity contribution in [1.82, 2.24) is 14.9 Å². The summed E-state index contributed by atoms with van der Waals surface area (Å²) in [5, 5.41) is 0. The minimum absolute atomic E-state index is 0.849. The first-order valence-electron chi connectivity index (χ1n) is 5.99. The van der Waals surface area contributed by atoms with Crippen LogP contribution in [0.1, 0.15) is 19.7 Å². The molecule has 0 spiro atoms. The first kappa shape index (κ1) is 12.9. The summed E-state index contributed by atoms with van der Waals surface area (Å²) in [6.07, 6.45) is 1.83. The molecule has 2 heterocycles. The maximum Gasteiger partial charge on any atom is 0.132 e. The molecule has 1 aromatic heterocycles. The molecule has 0 atom stereocenters. The van der Waals surface area contributed by atoms with Crippen molar-refractivity contribution in [3.05, 3.63) is 18.1 Å². The van der Waals surface area contributed by atoms with Crippen LogP contribution >= 0.6 is 0 Å². The number of aryl methyl sites for hydroxylation is 1. The normalized spacial score (nSPS) is 16.6. The molecule has 16 heavy (non-hydrogen) atoms. The van der Waals surface area contributed by atoms with Crippen molar-refractivity contribution in [1.29, 1.82) is 0 Å². The summed E-state index contributed by atoms with van der Waals surface area (Å²) in [5.41, 5.74) is 0. The Labute approximate surface area is 98.3 Å². The summed E-state index contributed by atoms with van der Waals surface area (Å²) in [5.74, 6) is 1.91. The summed E-state index contributed by atoms with van der Waals surface area (Å²) < 4.78 is 0. The average molecular weight is 222 g/mol. The van der Waals surface area contributed by atoms with Gasteiger partial charge in [0.2, 0.25) is 0 Å². The first-order valence-corrected chi connectivity index (χ1v) is 5.99. The third-order valence-electron chi connectivity index (χ3n) is 2.59. The smallest absolute Gasteiger partial charge is 0.132 e. The quantitative estimate of drug-likeness (QED) is 0.722. The molecule has 1 aliphatic heterocycles. The lowest BCUT2D eigenvalue weighted by atomic mass is 10.3. The van der Waals surface area contributed by atoms with E-state index >= 15 is 0 Å². The second-order valence-electron chi connectivity index (χ2n) is 3.75. The third kappa shape index (κ3) is 3.45. The zero-order valence-electron chi connectivity index (χ0n) is 10.8. The van der Waals surface area contributed by atoms with Gasteiger partial charge in [-0.15, -0.1) is 0 Å². The zero-order chi connectivity index (χ0) is 12.0. The van der Waals surface area contributed by atoms with Gasteiger partial charge in [0.1, 0.15) is 11.6 Å². The summed E-state index contributed by atoms with van der Waals surface area (Å²) in [6, 6.07) is 1.98. The lowest BCUT2D eigenvalue weighted by Gasteiger charge is -2.33. The highest BCUT2D eigenvalue weighted by molar-refractivity contribution is 5.37. The molecule has 0 N–H and O–H groups in total. The maximum atomic E-state index is 4.42. The average Bonchev–Trinajstić information content (AvgIpc) is 2.32. The SMILES string of the molecule is CC.Cc1nccc(N2CCN(C)CC2)n1. The molecular formula is C12H22N4. The second-order valence-corrected chi connectivity index (χ2v) is 3.75. The number of hydrogen-bond donors (Lipinski definition) is 0. The van der Waals surface area contributed by atoms with E-state index in [9.17, 15) is 0 Å². The number of aromatic nitrogens is 2. The predicted molar refractivity (Wildman–Crippen MR) is 67.8 cm³/mol. The second kappa shape index (κ2) is 6.43. The number of hydrogen-bond acceptors (Lipinski definition) is 4. The highest BCUT2D eigenvalue weighted by atomic mass is 15.3. The van der Waals surface area contributed by atoms with E-state index in [-0.39, 0.29) is 0 Å². The van der Waals surface area contributed by atoms with Crippen LogP contribution in [-0.2, 0) is 0 Å². The molecule has 0 amide bonds. The third-order valence-corrected chi connectivity index (χ3v) is 2.59. The van der Waals surface area contributed by atoms with Gasteiger partial charge >= 0.3 is 0 Å². The summed E-state index contributed by atoms with van der Waals surface area (Å²) in [6.45, 7) is 10.3. The van der Waals surface area contributed by atoms with Gasteiger partial charge in [0.25, 0.3) is 0 Å². The largest absolute Gasteiger partial charge is 0.354 e. The Morgan fingerprint density at radius 2 is 1.75 bits per heavy atom. The maximum absolute atomic E-state index is 4.42. The molecule has 0 aromatic carbocycles. The molecular weight excluding hydrogens is 200 g/mol. The van der Waals surface area contributed by atoms with Gasteiger partial charge in [0.15, 0.2) is 0 Å². The highest BCUT2D eigenvalue weighted by Crippen LogP contribution is 2.11. The molecule has 1 saturated heterocycles. The molecule has 1 fully saturated rings. The molecule has 4 nitrogen and oxygen atoms in total. The van der Waals surface area contributed by atoms with Crippen LogP contribution in [0, 0.1) is 6.92 Å². The molecule has 0 saturated carbocycles. The fourth-order valence-electron chi connectivity index (χ4n) is 1.66. The van der Waals surface area contributed by atoms with Crippen LogP contribution in [0.15, 0.2) is 12.3 Å². The molecule has 0 bridgehead atoms. The monoisotopic (exact) mass is 222 g/mol. The fraction of sp³-hybridized carbons (Fsp3) is 0.667. The van der Waals surface area contributed by atoms with Crippen molar-refractivity contribution in [2.24, 2.45) is 0 Å². The van der Waals surface area contributed by atoms with Gasteiger partial charge in [-0.05, 0) is 20.0 Å². The van der Waals surface area contributed by atoms with E-state index in [1.54, 1.807) is 0 Å². The molecule has 0 aliphatic carbocycles. The number of piperazine rings is 1. The molecule has 0 radical (unpaired) electrons. The molecule has 4 heteroatoms. The van der Waals surface area contributed by atoms with Crippen LogP contribution in [0.5, 0.6) is 0 Å². The molecule has 2 rings (SSSR count). The van der Waals surface area contributed by atoms with Crippen molar-refractivity contribution in [3.8, 4) is 0 Å². The Hall–Kier alpha value is -1.16. The van der Waals surface area contributed by atoms with Gasteiger partial charge in [-0.2, -0.15) is 0 Å². The number of rotatable bonds is 1. The molecule has 0 unspecified atom stereocenters. The van der Waals surface area contributed by atoms with Gasteiger partial charge in [-0.25, -0.2) is 9.97 Å². The van der Waals surface area contributed by atoms with Crippen molar-refractivity contribution < 1.29 is 0 Å². The number of likely N-dealkylation sites (N-methyl/N-ethyl adjacent to an activating group) is 1. The highest BCUT2D eigenvalue weighted by Gasteiger charge is 2.14. The van der Waals surface area contributed by atoms with E-state index in [2.05, 4.69) is 26.8 Å². The van der Waals surface area contributed by atoms with Crippen molar-refractivity contribution in [2.45, 2.75) is 20.8 Å². The Morgan fingerprint density at radius 1 is 1.12 bits per heavy atom. The Morgan fingerprint density at radius 3 is 2.31 bits per heavy atom. The Balaban J connectivity index is 0.000000606. The minimum atomic E-state index is 0.849. The van der Waals surface area contributed by atoms with Gasteiger partial charge in [0.05, 0.1) is 0 Å². The van der Waals surface area contributed by atoms with E-state index in [0.717, 1.165) is 37.8 Å². The van der Waals surface area contributed by atoms with Crippen LogP contribution < -0.4 is 4.90 Å². The van der Waals surface area contributed by atoms with Gasteiger partial charge in [-0.3, -0.25) is 0 Å². The molecule has 1 aliphatic rings. The predicted octanol–water partition coefficient (Wildman–Crippen LogP) is 1.56. The van der Waals surface area contributed by atoms with Gasteiger partial charge in [-0.1, -0.05) is 13.8 Å². The van der Waals surface area contributed by atoms with Crippen molar-refractivity contribution in [2.75, 3.05) is 38.1 Å². The zero-order valence-corrected chi connectivity index (χ0v) is 10.8. The standard InChI is InChI=1S/C10H16N4.C2H6/c1-9-11-4-3-10(12-9)14-7-5-13(2)6-8-14;1-2/h3-4H,5-8H2,1-2H3;1-2H3. The summed E-state index contributed by atoms with van der Waals surface area (Å²) >= 11 is 0. The van der Waals surface area contributed by atoms with Crippen LogP contribution in [0.2, 0.25) is 0 Å². The fourth-order valence-corrected chi connectivity index (χ4v) is 1.66. The lowest BCUT2D eigenvalue weighted by Crippen LogP contribution is -2.44. The van der Waals surface area contributed by atoms with E-state index in [1.807, 2.05) is 33.0 Å². The molecule has 1 aromatic rings. The lowest BCUT2D eigenvalue weighted by molar-refractivity contribution is 0.312. The molecule has 90 valence electrons. The van der Waals surface area contributed by atoms with Gasteiger partial charge in [0, 0.05) is 32.4 Å². The van der Waals surface area contributed by atoms with Crippen LogP contribution in [-0.4, -0.2) is 48.1 Å². The Bertz CT molecular complexity index is 306. The van der Waals surface area contributed by atoms with E-state index in [4.69, 9.17) is 0 Å². The van der Waals surface area contributed by atoms with Crippen molar-refractivity contribution >= 4 is 5.82 Å². The van der Waals surface area contributed by atoms with Crippen LogP contribution in [0.3, 0.4) is 0 Å². The van der Waals surface area contributed by atoms with Crippen LogP contribution in [0.25, 0.3) is 0 Å². The summed E-state index contributed by atoms with van der Waals surface area (Å²) in [7, 11) is 2.16.